The number of fused-ring (bicyclic) bond motifs is 1. The molecule has 0 unspecified atom stereocenters. The van der Waals surface area contributed by atoms with Crippen molar-refractivity contribution in [3.8, 4) is 5.75 Å². The van der Waals surface area contributed by atoms with Crippen LogP contribution >= 0.6 is 23.1 Å². The Hall–Kier alpha value is -5.60. The van der Waals surface area contributed by atoms with E-state index in [0.717, 1.165) is 23.1 Å². The fraction of sp³-hybridized carbons (Fsp3) is 0.147. The van der Waals surface area contributed by atoms with Gasteiger partial charge in [-0.3, -0.25) is 24.3 Å². The number of ether oxygens (including phenoxy) is 2. The average Bonchev–Trinajstić information content (AvgIpc) is 3.38. The maximum atomic E-state index is 14.4. The Labute approximate surface area is 280 Å². The summed E-state index contributed by atoms with van der Waals surface area (Å²) in [7, 11) is 1.53. The fourth-order valence-electron chi connectivity index (χ4n) is 5.27. The minimum atomic E-state index is -0.937. The maximum absolute atomic E-state index is 14.4. The molecule has 14 heteroatoms. The van der Waals surface area contributed by atoms with Crippen molar-refractivity contribution in [1.29, 1.82) is 0 Å². The van der Waals surface area contributed by atoms with E-state index in [4.69, 9.17) is 14.5 Å². The van der Waals surface area contributed by atoms with Crippen LogP contribution in [0.2, 0.25) is 0 Å². The molecule has 0 fully saturated rings. The molecule has 1 N–H and O–H groups in total. The average molecular weight is 682 g/mol. The van der Waals surface area contributed by atoms with Crippen LogP contribution in [-0.4, -0.2) is 39.1 Å². The summed E-state index contributed by atoms with van der Waals surface area (Å²) in [6.45, 7) is 3.49. The zero-order chi connectivity index (χ0) is 33.9. The number of nitrogens with zero attached hydrogens (tertiary/aromatic N) is 4. The molecule has 0 saturated carbocycles. The maximum Gasteiger partial charge on any atom is 0.338 e. The van der Waals surface area contributed by atoms with E-state index in [1.807, 2.05) is 30.3 Å². The Balaban J connectivity index is 1.62. The number of non-ortho nitro benzene ring substituents is 1. The summed E-state index contributed by atoms with van der Waals surface area (Å²) in [4.78, 5) is 64.1. The number of H-pyrrole nitrogens is 1. The van der Waals surface area contributed by atoms with Gasteiger partial charge in [-0.05, 0) is 49.2 Å². The second-order valence-electron chi connectivity index (χ2n) is 10.5. The summed E-state index contributed by atoms with van der Waals surface area (Å²) in [5.41, 5.74) is 1.64. The number of hydrogen-bond donors (Lipinski definition) is 1. The summed E-state index contributed by atoms with van der Waals surface area (Å²) in [5, 5.41) is 12.0. The summed E-state index contributed by atoms with van der Waals surface area (Å²) < 4.78 is 12.6. The topological polar surface area (TPSA) is 159 Å². The number of thiazole rings is 1. The Kier molecular flexibility index (Phi) is 9.19. The fourth-order valence-corrected chi connectivity index (χ4v) is 7.18. The highest BCUT2D eigenvalue weighted by atomic mass is 32.2. The molecule has 3 aromatic carbocycles. The van der Waals surface area contributed by atoms with Gasteiger partial charge >= 0.3 is 5.97 Å². The van der Waals surface area contributed by atoms with Crippen molar-refractivity contribution < 1.29 is 19.2 Å². The number of carbonyl (C=O) groups excluding carboxylic acids is 1. The van der Waals surface area contributed by atoms with Crippen LogP contribution < -0.4 is 25.2 Å². The number of nitro benzene ring substituents is 1. The van der Waals surface area contributed by atoms with E-state index in [9.17, 15) is 24.5 Å². The van der Waals surface area contributed by atoms with Gasteiger partial charge in [0.2, 0.25) is 0 Å². The summed E-state index contributed by atoms with van der Waals surface area (Å²) in [5.74, 6) is -0.101. The molecule has 242 valence electrons. The van der Waals surface area contributed by atoms with Crippen LogP contribution in [0.15, 0.2) is 109 Å². The SMILES string of the molecule is CCOC(=O)C1=C(c2ccccc2)N=c2s/c(=C/c3cc([N+](=O)[O-])ccc3Sc3nc(C)cc(=O)[nH]3)c(=O)n2[C@H]1c1cccc(OC)c1. The molecule has 12 nitrogen and oxygen atoms in total. The molecule has 0 spiro atoms. The number of esters is 1. The molecule has 5 aromatic rings. The minimum absolute atomic E-state index is 0.105. The lowest BCUT2D eigenvalue weighted by Crippen LogP contribution is -2.40. The van der Waals surface area contributed by atoms with Gasteiger partial charge in [0.15, 0.2) is 9.96 Å². The number of nitrogens with one attached hydrogen (secondary N) is 1. The van der Waals surface area contributed by atoms with Crippen LogP contribution in [0.1, 0.15) is 35.3 Å². The quantitative estimate of drug-likeness (QED) is 0.103. The van der Waals surface area contributed by atoms with Gasteiger partial charge < -0.3 is 14.5 Å². The van der Waals surface area contributed by atoms with Crippen LogP contribution in [0.4, 0.5) is 5.69 Å². The molecule has 1 aliphatic rings. The first-order valence-electron chi connectivity index (χ1n) is 14.6. The predicted octanol–water partition coefficient (Wildman–Crippen LogP) is 4.40. The third kappa shape index (κ3) is 6.48. The van der Waals surface area contributed by atoms with Crippen molar-refractivity contribution in [2.45, 2.75) is 29.9 Å². The number of aromatic nitrogens is 3. The molecule has 6 rings (SSSR count). The zero-order valence-corrected chi connectivity index (χ0v) is 27.5. The van der Waals surface area contributed by atoms with Crippen molar-refractivity contribution in [2.75, 3.05) is 13.7 Å². The summed E-state index contributed by atoms with van der Waals surface area (Å²) in [6.07, 6.45) is 1.55. The van der Waals surface area contributed by atoms with E-state index in [0.29, 0.717) is 43.5 Å². The predicted molar refractivity (Wildman–Crippen MR) is 181 cm³/mol. The van der Waals surface area contributed by atoms with Gasteiger partial charge in [0.25, 0.3) is 16.8 Å². The lowest BCUT2D eigenvalue weighted by atomic mass is 9.93. The third-order valence-electron chi connectivity index (χ3n) is 7.33. The van der Waals surface area contributed by atoms with Crippen LogP contribution in [0.25, 0.3) is 11.8 Å². The Morgan fingerprint density at radius 2 is 1.90 bits per heavy atom. The van der Waals surface area contributed by atoms with Crippen LogP contribution in [-0.2, 0) is 9.53 Å². The van der Waals surface area contributed by atoms with Crippen LogP contribution in [0.5, 0.6) is 5.75 Å². The Bertz CT molecular complexity index is 2350. The van der Waals surface area contributed by atoms with Crippen molar-refractivity contribution >= 4 is 46.5 Å². The van der Waals surface area contributed by atoms with Crippen LogP contribution in [0.3, 0.4) is 0 Å². The van der Waals surface area contributed by atoms with Gasteiger partial charge in [-0.1, -0.05) is 65.6 Å². The molecular formula is C34H27N5O7S2. The molecular weight excluding hydrogens is 655 g/mol. The Morgan fingerprint density at radius 1 is 1.10 bits per heavy atom. The number of rotatable bonds is 9. The standard InChI is InChI=1S/C34H27N5O7S2/c1-4-46-32(42)28-29(20-9-6-5-7-10-20)37-34-38(30(28)21-11-8-12-24(17-21)45-3)31(41)26(48-34)18-22-16-23(39(43)44)13-14-25(22)47-33-35-19(2)15-27(40)36-33/h5-18,30H,4H2,1-3H3,(H,35,36,40)/b26-18+/t30-/m0/s1. The molecule has 3 heterocycles. The van der Waals surface area contributed by atoms with E-state index in [1.54, 1.807) is 50.3 Å². The van der Waals surface area contributed by atoms with E-state index >= 15 is 0 Å². The number of benzene rings is 3. The molecule has 1 aliphatic heterocycles. The first-order chi connectivity index (χ1) is 23.2. The number of aryl methyl sites for hydroxylation is 1. The van der Waals surface area contributed by atoms with Crippen molar-refractivity contribution in [3.05, 3.63) is 147 Å². The Morgan fingerprint density at radius 3 is 2.60 bits per heavy atom. The van der Waals surface area contributed by atoms with Gasteiger partial charge in [0, 0.05) is 34.4 Å². The zero-order valence-electron chi connectivity index (χ0n) is 25.8. The molecule has 0 saturated heterocycles. The number of aromatic amines is 1. The molecule has 1 atom stereocenters. The van der Waals surface area contributed by atoms with Crippen molar-refractivity contribution in [1.82, 2.24) is 14.5 Å². The second-order valence-corrected chi connectivity index (χ2v) is 12.5. The van der Waals surface area contributed by atoms with Gasteiger partial charge in [0.05, 0.1) is 40.5 Å². The van der Waals surface area contributed by atoms with Crippen molar-refractivity contribution in [2.24, 2.45) is 4.99 Å². The second kappa shape index (κ2) is 13.6. The highest BCUT2D eigenvalue weighted by molar-refractivity contribution is 7.99. The van der Waals surface area contributed by atoms with Gasteiger partial charge in [0.1, 0.15) is 5.75 Å². The monoisotopic (exact) mass is 681 g/mol. The lowest BCUT2D eigenvalue weighted by molar-refractivity contribution is -0.384. The molecule has 2 aromatic heterocycles. The molecule has 48 heavy (non-hydrogen) atoms. The van der Waals surface area contributed by atoms with Gasteiger partial charge in [-0.25, -0.2) is 14.8 Å². The molecule has 0 aliphatic carbocycles. The molecule has 0 bridgehead atoms. The minimum Gasteiger partial charge on any atom is -0.497 e. The molecule has 0 radical (unpaired) electrons. The highest BCUT2D eigenvalue weighted by Gasteiger charge is 2.35. The highest BCUT2D eigenvalue weighted by Crippen LogP contribution is 2.36. The van der Waals surface area contributed by atoms with E-state index in [-0.39, 0.29) is 33.1 Å². The molecule has 0 amide bonds. The van der Waals surface area contributed by atoms with E-state index < -0.39 is 22.5 Å². The van der Waals surface area contributed by atoms with Crippen molar-refractivity contribution in [3.63, 3.8) is 0 Å². The summed E-state index contributed by atoms with van der Waals surface area (Å²) >= 11 is 2.18. The number of nitro groups is 1. The number of methoxy groups -OCH3 is 1. The normalized spacial score (nSPS) is 14.3. The van der Waals surface area contributed by atoms with Gasteiger partial charge in [-0.15, -0.1) is 0 Å². The lowest BCUT2D eigenvalue weighted by Gasteiger charge is -2.26. The summed E-state index contributed by atoms with van der Waals surface area (Å²) in [6, 6.07) is 20.9. The first kappa shape index (κ1) is 32.3. The number of hydrogen-bond acceptors (Lipinski definition) is 11. The van der Waals surface area contributed by atoms with E-state index in [1.165, 1.54) is 29.9 Å². The number of carbonyl (C=O) groups is 1. The largest absolute Gasteiger partial charge is 0.497 e. The third-order valence-corrected chi connectivity index (χ3v) is 9.29. The first-order valence-corrected chi connectivity index (χ1v) is 16.3. The van der Waals surface area contributed by atoms with Gasteiger partial charge in [-0.2, -0.15) is 0 Å². The van der Waals surface area contributed by atoms with E-state index in [2.05, 4.69) is 9.97 Å². The van der Waals surface area contributed by atoms with Crippen LogP contribution in [0, 0.1) is 17.0 Å². The smallest absolute Gasteiger partial charge is 0.338 e.